The lowest BCUT2D eigenvalue weighted by atomic mass is 10.2. The Balaban J connectivity index is 0.000000171. The summed E-state index contributed by atoms with van der Waals surface area (Å²) in [5, 5.41) is 35.2. The average molecular weight is 234 g/mol. The van der Waals surface area contributed by atoms with E-state index in [-0.39, 0.29) is 23.0 Å². The molecule has 0 bridgehead atoms. The Kier molecular flexibility index (Phi) is 4.22. The molecule has 0 aliphatic rings. The summed E-state index contributed by atoms with van der Waals surface area (Å²) < 4.78 is 0. The van der Waals surface area contributed by atoms with Gasteiger partial charge in [-0.15, -0.1) is 0 Å². The Labute approximate surface area is 99.0 Å². The summed E-state index contributed by atoms with van der Waals surface area (Å²) in [6.07, 6.45) is 0. The molecular formula is C13H14O4. The first-order chi connectivity index (χ1) is 8.00. The van der Waals surface area contributed by atoms with Crippen LogP contribution < -0.4 is 0 Å². The topological polar surface area (TPSA) is 80.9 Å². The zero-order valence-electron chi connectivity index (χ0n) is 9.33. The molecule has 17 heavy (non-hydrogen) atoms. The van der Waals surface area contributed by atoms with E-state index in [0.29, 0.717) is 5.56 Å². The lowest BCUT2D eigenvalue weighted by Crippen LogP contribution is -1.73. The van der Waals surface area contributed by atoms with E-state index in [0.717, 1.165) is 0 Å². The Morgan fingerprint density at radius 1 is 0.706 bits per heavy atom. The normalized spacial score (nSPS) is 9.24. The third-order valence-electron chi connectivity index (χ3n) is 2.11. The second-order valence-corrected chi connectivity index (χ2v) is 3.44. The van der Waals surface area contributed by atoms with Crippen molar-refractivity contribution in [3.05, 3.63) is 48.0 Å². The van der Waals surface area contributed by atoms with Gasteiger partial charge in [-0.05, 0) is 31.2 Å². The lowest BCUT2D eigenvalue weighted by Gasteiger charge is -1.98. The van der Waals surface area contributed by atoms with Crippen LogP contribution in [0.4, 0.5) is 0 Å². The molecule has 0 aromatic heterocycles. The highest BCUT2D eigenvalue weighted by Gasteiger charge is 1.97. The minimum absolute atomic E-state index is 0.0880. The molecule has 0 aliphatic carbocycles. The van der Waals surface area contributed by atoms with Crippen LogP contribution in [0, 0.1) is 6.92 Å². The highest BCUT2D eigenvalue weighted by molar-refractivity contribution is 5.41. The number of benzene rings is 2. The van der Waals surface area contributed by atoms with Crippen LogP contribution in [0.25, 0.3) is 0 Å². The van der Waals surface area contributed by atoms with E-state index < -0.39 is 0 Å². The van der Waals surface area contributed by atoms with Gasteiger partial charge in [-0.2, -0.15) is 0 Å². The SMILES string of the molecule is Cc1c(O)cccc1O.Oc1cccc(O)c1. The maximum absolute atomic E-state index is 8.94. The first kappa shape index (κ1) is 12.7. The van der Waals surface area contributed by atoms with E-state index in [1.54, 1.807) is 19.1 Å². The molecule has 0 atom stereocenters. The van der Waals surface area contributed by atoms with Crippen LogP contribution in [0.3, 0.4) is 0 Å². The van der Waals surface area contributed by atoms with Crippen LogP contribution >= 0.6 is 0 Å². The maximum Gasteiger partial charge on any atom is 0.122 e. The quantitative estimate of drug-likeness (QED) is 0.564. The first-order valence-corrected chi connectivity index (χ1v) is 4.96. The molecule has 0 heterocycles. The predicted octanol–water partition coefficient (Wildman–Crippen LogP) is 2.50. The second kappa shape index (κ2) is 5.65. The molecule has 4 heteroatoms. The Hall–Kier alpha value is -2.36. The molecule has 0 spiro atoms. The van der Waals surface area contributed by atoms with Gasteiger partial charge in [-0.3, -0.25) is 0 Å². The number of phenols is 4. The molecule has 2 aromatic rings. The van der Waals surface area contributed by atoms with Gasteiger partial charge in [-0.25, -0.2) is 0 Å². The average Bonchev–Trinajstić information content (AvgIpc) is 2.26. The van der Waals surface area contributed by atoms with Crippen molar-refractivity contribution in [3.8, 4) is 23.0 Å². The fraction of sp³-hybridized carbons (Fsp3) is 0.0769. The van der Waals surface area contributed by atoms with E-state index >= 15 is 0 Å². The Bertz CT molecular complexity index is 457. The number of rotatable bonds is 0. The zero-order chi connectivity index (χ0) is 12.8. The molecule has 4 N–H and O–H groups in total. The summed E-state index contributed by atoms with van der Waals surface area (Å²) in [4.78, 5) is 0. The van der Waals surface area contributed by atoms with Gasteiger partial charge in [0.05, 0.1) is 0 Å². The molecule has 0 saturated carbocycles. The van der Waals surface area contributed by atoms with Crippen molar-refractivity contribution in [2.45, 2.75) is 6.92 Å². The van der Waals surface area contributed by atoms with Crippen LogP contribution in [-0.4, -0.2) is 20.4 Å². The van der Waals surface area contributed by atoms with Crippen LogP contribution in [0.2, 0.25) is 0 Å². The number of hydrogen-bond acceptors (Lipinski definition) is 4. The van der Waals surface area contributed by atoms with Crippen LogP contribution in [0.1, 0.15) is 5.56 Å². The molecule has 0 unspecified atom stereocenters. The van der Waals surface area contributed by atoms with Crippen molar-refractivity contribution in [3.63, 3.8) is 0 Å². The number of hydrogen-bond donors (Lipinski definition) is 4. The maximum atomic E-state index is 8.94. The molecule has 0 fully saturated rings. The molecule has 4 nitrogen and oxygen atoms in total. The van der Waals surface area contributed by atoms with Crippen molar-refractivity contribution in [2.24, 2.45) is 0 Å². The standard InChI is InChI=1S/C7H8O2.C6H6O2/c1-5-6(8)3-2-4-7(5)9;7-5-2-1-3-6(8)4-5/h2-4,8-9H,1H3;1-4,7-8H. The number of aromatic hydroxyl groups is 4. The van der Waals surface area contributed by atoms with Gasteiger partial charge < -0.3 is 20.4 Å². The monoisotopic (exact) mass is 234 g/mol. The van der Waals surface area contributed by atoms with Crippen LogP contribution in [-0.2, 0) is 0 Å². The van der Waals surface area contributed by atoms with Crippen molar-refractivity contribution in [2.75, 3.05) is 0 Å². The fourth-order valence-electron chi connectivity index (χ4n) is 1.10. The second-order valence-electron chi connectivity index (χ2n) is 3.44. The van der Waals surface area contributed by atoms with E-state index in [1.807, 2.05) is 0 Å². The minimum atomic E-state index is 0.0880. The van der Waals surface area contributed by atoms with Crippen molar-refractivity contribution < 1.29 is 20.4 Å². The molecule has 2 rings (SSSR count). The van der Waals surface area contributed by atoms with Gasteiger partial charge in [0.1, 0.15) is 23.0 Å². The van der Waals surface area contributed by atoms with Crippen LogP contribution in [0.5, 0.6) is 23.0 Å². The third-order valence-corrected chi connectivity index (χ3v) is 2.11. The fourth-order valence-corrected chi connectivity index (χ4v) is 1.10. The van der Waals surface area contributed by atoms with E-state index in [4.69, 9.17) is 20.4 Å². The largest absolute Gasteiger partial charge is 0.508 e. The minimum Gasteiger partial charge on any atom is -0.508 e. The smallest absolute Gasteiger partial charge is 0.122 e. The molecule has 2 aromatic carbocycles. The Morgan fingerprint density at radius 3 is 1.41 bits per heavy atom. The van der Waals surface area contributed by atoms with E-state index in [1.165, 1.54) is 30.3 Å². The summed E-state index contributed by atoms with van der Waals surface area (Å²) in [5.41, 5.74) is 0.525. The molecule has 0 radical (unpaired) electrons. The van der Waals surface area contributed by atoms with Gasteiger partial charge in [0, 0.05) is 11.6 Å². The molecule has 0 saturated heterocycles. The number of phenolic OH excluding ortho intramolecular Hbond substituents is 4. The molecule has 90 valence electrons. The van der Waals surface area contributed by atoms with Gasteiger partial charge in [0.15, 0.2) is 0 Å². The highest BCUT2D eigenvalue weighted by Crippen LogP contribution is 2.23. The Morgan fingerprint density at radius 2 is 1.12 bits per heavy atom. The van der Waals surface area contributed by atoms with Gasteiger partial charge in [0.25, 0.3) is 0 Å². The summed E-state index contributed by atoms with van der Waals surface area (Å²) in [5.74, 6) is 0.444. The summed E-state index contributed by atoms with van der Waals surface area (Å²) in [6.45, 7) is 1.66. The van der Waals surface area contributed by atoms with Crippen LogP contribution in [0.15, 0.2) is 42.5 Å². The molecule has 0 aliphatic heterocycles. The summed E-state index contributed by atoms with van der Waals surface area (Å²) in [7, 11) is 0. The predicted molar refractivity (Wildman–Crippen MR) is 64.3 cm³/mol. The van der Waals surface area contributed by atoms with E-state index in [2.05, 4.69) is 0 Å². The van der Waals surface area contributed by atoms with Crippen molar-refractivity contribution in [1.82, 2.24) is 0 Å². The van der Waals surface area contributed by atoms with Crippen molar-refractivity contribution >= 4 is 0 Å². The highest BCUT2D eigenvalue weighted by atomic mass is 16.3. The molecule has 0 amide bonds. The summed E-state index contributed by atoms with van der Waals surface area (Å²) >= 11 is 0. The summed E-state index contributed by atoms with van der Waals surface area (Å²) in [6, 6.07) is 10.5. The lowest BCUT2D eigenvalue weighted by molar-refractivity contribution is 0.443. The zero-order valence-corrected chi connectivity index (χ0v) is 9.33. The van der Waals surface area contributed by atoms with E-state index in [9.17, 15) is 0 Å². The molecular weight excluding hydrogens is 220 g/mol. The van der Waals surface area contributed by atoms with Gasteiger partial charge >= 0.3 is 0 Å². The van der Waals surface area contributed by atoms with Gasteiger partial charge in [0.2, 0.25) is 0 Å². The van der Waals surface area contributed by atoms with Crippen molar-refractivity contribution in [1.29, 1.82) is 0 Å². The van der Waals surface area contributed by atoms with Gasteiger partial charge in [-0.1, -0.05) is 12.1 Å². The third kappa shape index (κ3) is 3.95. The first-order valence-electron chi connectivity index (χ1n) is 4.96.